The first-order chi connectivity index (χ1) is 15.1. The molecule has 31 heavy (non-hydrogen) atoms. The monoisotopic (exact) mass is 426 g/mol. The molecule has 2 aliphatic rings. The molecule has 4 rings (SSSR count). The summed E-state index contributed by atoms with van der Waals surface area (Å²) in [5, 5.41) is 6.66. The minimum absolute atomic E-state index is 0.180. The maximum atomic E-state index is 14.5. The number of aromatic nitrogens is 2. The topological polar surface area (TPSA) is 74.6 Å². The van der Waals surface area contributed by atoms with E-state index in [1.54, 1.807) is 36.4 Å². The first-order valence-electron chi connectivity index (χ1n) is 11.2. The normalized spacial score (nSPS) is 20.1. The predicted molar refractivity (Wildman–Crippen MR) is 118 cm³/mol. The molecule has 2 aromatic rings. The van der Waals surface area contributed by atoms with Crippen molar-refractivity contribution in [1.82, 2.24) is 25.1 Å². The lowest BCUT2D eigenvalue weighted by molar-refractivity contribution is -0.135. The zero-order chi connectivity index (χ0) is 21.6. The molecule has 1 aliphatic carbocycles. The molecule has 1 saturated heterocycles. The van der Waals surface area contributed by atoms with Gasteiger partial charge in [0.2, 0.25) is 5.91 Å². The fourth-order valence-corrected chi connectivity index (χ4v) is 4.53. The van der Waals surface area contributed by atoms with Gasteiger partial charge in [0.25, 0.3) is 0 Å². The van der Waals surface area contributed by atoms with Crippen LogP contribution < -0.4 is 10.6 Å². The van der Waals surface area contributed by atoms with Crippen LogP contribution in [0.2, 0.25) is 0 Å². The summed E-state index contributed by atoms with van der Waals surface area (Å²) in [5.41, 5.74) is 1.29. The van der Waals surface area contributed by atoms with Crippen molar-refractivity contribution in [1.29, 1.82) is 0 Å². The summed E-state index contributed by atoms with van der Waals surface area (Å²) in [6.45, 7) is 1.97. The van der Waals surface area contributed by atoms with E-state index in [4.69, 9.17) is 0 Å². The summed E-state index contributed by atoms with van der Waals surface area (Å²) in [6.07, 6.45) is 11.5. The van der Waals surface area contributed by atoms with Gasteiger partial charge in [-0.3, -0.25) is 9.79 Å². The van der Waals surface area contributed by atoms with E-state index >= 15 is 0 Å². The van der Waals surface area contributed by atoms with Gasteiger partial charge in [0.1, 0.15) is 5.82 Å². The molecule has 1 amide bonds. The lowest BCUT2D eigenvalue weighted by Crippen LogP contribution is -2.45. The smallest absolute Gasteiger partial charge is 0.225 e. The number of carbonyl (C=O) groups excluding carboxylic acids is 1. The number of benzene rings is 1. The van der Waals surface area contributed by atoms with Crippen molar-refractivity contribution in [3.63, 3.8) is 0 Å². The van der Waals surface area contributed by atoms with E-state index < -0.39 is 0 Å². The molecule has 166 valence electrons. The van der Waals surface area contributed by atoms with E-state index in [9.17, 15) is 9.18 Å². The standard InChI is InChI=1S/C23H31FN6O/c1-25-23(27-14-17-7-8-21(20(24)13-17)30-12-10-26-16-30)28-19-9-11-29(15-19)22(31)18-5-3-2-4-6-18/h7-8,10,12-13,16,18-19H,2-6,9,11,14-15H2,1H3,(H2,25,27,28). The number of nitrogens with one attached hydrogen (secondary N) is 2. The van der Waals surface area contributed by atoms with Crippen LogP contribution in [0.15, 0.2) is 41.9 Å². The van der Waals surface area contributed by atoms with Crippen LogP contribution in [0.25, 0.3) is 5.69 Å². The van der Waals surface area contributed by atoms with Gasteiger partial charge in [0.15, 0.2) is 5.96 Å². The highest BCUT2D eigenvalue weighted by Crippen LogP contribution is 2.26. The van der Waals surface area contributed by atoms with E-state index in [-0.39, 0.29) is 17.8 Å². The molecule has 0 radical (unpaired) electrons. The Bertz CT molecular complexity index is 907. The Morgan fingerprint density at radius 1 is 1.26 bits per heavy atom. The highest BCUT2D eigenvalue weighted by molar-refractivity contribution is 5.81. The number of hydrogen-bond acceptors (Lipinski definition) is 3. The molecule has 1 aromatic carbocycles. The molecular weight excluding hydrogens is 395 g/mol. The van der Waals surface area contributed by atoms with Crippen molar-refractivity contribution in [2.75, 3.05) is 20.1 Å². The van der Waals surface area contributed by atoms with Gasteiger partial charge in [-0.15, -0.1) is 0 Å². The number of imidazole rings is 1. The second kappa shape index (κ2) is 9.94. The molecule has 7 nitrogen and oxygen atoms in total. The Kier molecular flexibility index (Phi) is 6.84. The summed E-state index contributed by atoms with van der Waals surface area (Å²) >= 11 is 0. The predicted octanol–water partition coefficient (Wildman–Crippen LogP) is 2.86. The first-order valence-corrected chi connectivity index (χ1v) is 11.2. The number of rotatable bonds is 5. The van der Waals surface area contributed by atoms with Gasteiger partial charge >= 0.3 is 0 Å². The molecule has 1 unspecified atom stereocenters. The number of halogens is 1. The number of amides is 1. The highest BCUT2D eigenvalue weighted by Gasteiger charge is 2.31. The van der Waals surface area contributed by atoms with E-state index in [0.29, 0.717) is 30.6 Å². The summed E-state index contributed by atoms with van der Waals surface area (Å²) < 4.78 is 16.1. The summed E-state index contributed by atoms with van der Waals surface area (Å²) in [4.78, 5) is 23.0. The second-order valence-electron chi connectivity index (χ2n) is 8.43. The minimum Gasteiger partial charge on any atom is -0.352 e. The molecule has 1 aliphatic heterocycles. The molecular formula is C23H31FN6O. The molecule has 0 bridgehead atoms. The Labute approximate surface area is 182 Å². The van der Waals surface area contributed by atoms with Crippen LogP contribution >= 0.6 is 0 Å². The van der Waals surface area contributed by atoms with Crippen LogP contribution in [0, 0.1) is 11.7 Å². The van der Waals surface area contributed by atoms with Crippen LogP contribution in [0.4, 0.5) is 4.39 Å². The summed E-state index contributed by atoms with van der Waals surface area (Å²) in [7, 11) is 1.72. The Morgan fingerprint density at radius 2 is 2.10 bits per heavy atom. The Hall–Kier alpha value is -2.90. The minimum atomic E-state index is -0.298. The molecule has 1 atom stereocenters. The van der Waals surface area contributed by atoms with Crippen LogP contribution in [-0.4, -0.2) is 52.5 Å². The third kappa shape index (κ3) is 5.24. The number of carbonyl (C=O) groups is 1. The van der Waals surface area contributed by atoms with Crippen LogP contribution in [0.1, 0.15) is 44.1 Å². The maximum absolute atomic E-state index is 14.5. The van der Waals surface area contributed by atoms with E-state index in [0.717, 1.165) is 31.4 Å². The third-order valence-electron chi connectivity index (χ3n) is 6.27. The van der Waals surface area contributed by atoms with Crippen molar-refractivity contribution in [3.05, 3.63) is 48.3 Å². The Morgan fingerprint density at radius 3 is 2.81 bits per heavy atom. The highest BCUT2D eigenvalue weighted by atomic mass is 19.1. The van der Waals surface area contributed by atoms with Gasteiger partial charge in [0.05, 0.1) is 12.0 Å². The van der Waals surface area contributed by atoms with Crippen molar-refractivity contribution >= 4 is 11.9 Å². The lowest BCUT2D eigenvalue weighted by Gasteiger charge is -2.26. The van der Waals surface area contributed by atoms with Gasteiger partial charge in [-0.1, -0.05) is 25.3 Å². The number of hydrogen-bond donors (Lipinski definition) is 2. The Balaban J connectivity index is 1.27. The lowest BCUT2D eigenvalue weighted by atomic mass is 9.88. The summed E-state index contributed by atoms with van der Waals surface area (Å²) in [5.74, 6) is 0.898. The van der Waals surface area contributed by atoms with Crippen LogP contribution in [0.5, 0.6) is 0 Å². The second-order valence-corrected chi connectivity index (χ2v) is 8.43. The fraction of sp³-hybridized carbons (Fsp3) is 0.522. The molecule has 2 heterocycles. The molecule has 8 heteroatoms. The van der Waals surface area contributed by atoms with Gasteiger partial charge in [-0.05, 0) is 37.0 Å². The van der Waals surface area contributed by atoms with Crippen molar-refractivity contribution in [3.8, 4) is 5.69 Å². The van der Waals surface area contributed by atoms with Gasteiger partial charge in [-0.2, -0.15) is 0 Å². The maximum Gasteiger partial charge on any atom is 0.225 e. The zero-order valence-corrected chi connectivity index (χ0v) is 18.1. The number of likely N-dealkylation sites (tertiary alicyclic amines) is 1. The average molecular weight is 427 g/mol. The zero-order valence-electron chi connectivity index (χ0n) is 18.1. The van der Waals surface area contributed by atoms with Gasteiger partial charge < -0.3 is 20.1 Å². The van der Waals surface area contributed by atoms with Crippen molar-refractivity contribution in [2.45, 2.75) is 51.1 Å². The molecule has 0 spiro atoms. The number of nitrogens with zero attached hydrogens (tertiary/aromatic N) is 4. The largest absolute Gasteiger partial charge is 0.352 e. The van der Waals surface area contributed by atoms with E-state index in [2.05, 4.69) is 20.6 Å². The number of aliphatic imine (C=N–C) groups is 1. The molecule has 1 saturated carbocycles. The number of guanidine groups is 1. The fourth-order valence-electron chi connectivity index (χ4n) is 4.53. The summed E-state index contributed by atoms with van der Waals surface area (Å²) in [6, 6.07) is 5.34. The van der Waals surface area contributed by atoms with E-state index in [1.165, 1.54) is 25.3 Å². The quantitative estimate of drug-likeness (QED) is 0.570. The van der Waals surface area contributed by atoms with Crippen LogP contribution in [0.3, 0.4) is 0 Å². The molecule has 2 N–H and O–H groups in total. The molecule has 2 fully saturated rings. The SMILES string of the molecule is CN=C(NCc1ccc(-n2ccnc2)c(F)c1)NC1CCN(C(=O)C2CCCCC2)C1. The van der Waals surface area contributed by atoms with Crippen LogP contribution in [-0.2, 0) is 11.3 Å². The molecule has 1 aromatic heterocycles. The third-order valence-corrected chi connectivity index (χ3v) is 6.27. The first kappa shape index (κ1) is 21.3. The van der Waals surface area contributed by atoms with E-state index in [1.807, 2.05) is 11.0 Å². The van der Waals surface area contributed by atoms with Crippen molar-refractivity contribution in [2.24, 2.45) is 10.9 Å². The van der Waals surface area contributed by atoms with Gasteiger partial charge in [0, 0.05) is 51.0 Å². The average Bonchev–Trinajstić information content (AvgIpc) is 3.49. The van der Waals surface area contributed by atoms with Gasteiger partial charge in [-0.25, -0.2) is 9.37 Å². The van der Waals surface area contributed by atoms with Crippen molar-refractivity contribution < 1.29 is 9.18 Å².